The quantitative estimate of drug-likeness (QED) is 0.214. The molecular formula is C27H19ClN2O6S. The number of anilines is 1. The van der Waals surface area contributed by atoms with E-state index in [0.29, 0.717) is 57.3 Å². The van der Waals surface area contributed by atoms with Gasteiger partial charge >= 0.3 is 5.91 Å². The molecule has 3 aromatic carbocycles. The van der Waals surface area contributed by atoms with Crippen molar-refractivity contribution >= 4 is 55.7 Å². The molecule has 1 aromatic heterocycles. The second-order valence-corrected chi connectivity index (χ2v) is 9.85. The number of carbonyl (C=O) groups excluding carboxylic acids is 2. The molecule has 0 radical (unpaired) electrons. The molecule has 2 aliphatic heterocycles. The zero-order valence-corrected chi connectivity index (χ0v) is 21.0. The van der Waals surface area contributed by atoms with E-state index in [0.717, 1.165) is 4.70 Å². The minimum absolute atomic E-state index is 0.0548. The van der Waals surface area contributed by atoms with E-state index < -0.39 is 17.7 Å². The summed E-state index contributed by atoms with van der Waals surface area (Å²) in [6.45, 7) is 0.794. The predicted molar refractivity (Wildman–Crippen MR) is 140 cm³/mol. The smallest absolute Gasteiger partial charge is 0.301 e. The number of amides is 1. The fourth-order valence-electron chi connectivity index (χ4n) is 4.46. The van der Waals surface area contributed by atoms with Gasteiger partial charge in [-0.05, 0) is 54.1 Å². The van der Waals surface area contributed by atoms with E-state index in [9.17, 15) is 14.7 Å². The van der Waals surface area contributed by atoms with Gasteiger partial charge in [-0.15, -0.1) is 0 Å². The van der Waals surface area contributed by atoms with Crippen LogP contribution in [0.2, 0.25) is 5.02 Å². The van der Waals surface area contributed by atoms with Crippen LogP contribution in [0.3, 0.4) is 0 Å². The molecule has 1 N–H and O–H groups in total. The first kappa shape index (κ1) is 23.3. The van der Waals surface area contributed by atoms with E-state index >= 15 is 0 Å². The number of fused-ring (bicyclic) bond motifs is 2. The Kier molecular flexibility index (Phi) is 5.73. The van der Waals surface area contributed by atoms with Gasteiger partial charge in [0.05, 0.1) is 28.9 Å². The molecule has 3 heterocycles. The van der Waals surface area contributed by atoms with Crippen LogP contribution in [0.4, 0.5) is 5.13 Å². The van der Waals surface area contributed by atoms with Crippen molar-refractivity contribution in [3.05, 3.63) is 82.4 Å². The van der Waals surface area contributed by atoms with Crippen molar-refractivity contribution in [2.75, 3.05) is 25.2 Å². The number of aliphatic hydroxyl groups excluding tert-OH is 1. The maximum absolute atomic E-state index is 13.4. The highest BCUT2D eigenvalue weighted by Gasteiger charge is 2.48. The molecule has 0 aliphatic carbocycles. The minimum Gasteiger partial charge on any atom is -0.507 e. The van der Waals surface area contributed by atoms with E-state index in [1.54, 1.807) is 61.7 Å². The number of ether oxygens (including phenoxy) is 3. The van der Waals surface area contributed by atoms with E-state index in [1.807, 2.05) is 6.07 Å². The summed E-state index contributed by atoms with van der Waals surface area (Å²) in [5, 5.41) is 12.2. The first-order chi connectivity index (χ1) is 17.9. The number of thiazole rings is 1. The summed E-state index contributed by atoms with van der Waals surface area (Å²) in [6.07, 6.45) is 0. The number of Topliss-reactive ketones (excluding diaryl/α,β-unsaturated/α-hetero) is 1. The normalized spacial score (nSPS) is 18.4. The lowest BCUT2D eigenvalue weighted by molar-refractivity contribution is -0.132. The van der Waals surface area contributed by atoms with Crippen LogP contribution in [-0.4, -0.2) is 42.1 Å². The average Bonchev–Trinajstić information content (AvgIpc) is 3.46. The Morgan fingerprint density at radius 2 is 1.81 bits per heavy atom. The second kappa shape index (κ2) is 9.10. The lowest BCUT2D eigenvalue weighted by Gasteiger charge is -2.23. The third-order valence-electron chi connectivity index (χ3n) is 6.24. The number of aliphatic hydroxyl groups is 1. The topological polar surface area (TPSA) is 98.2 Å². The lowest BCUT2D eigenvalue weighted by atomic mass is 9.95. The summed E-state index contributed by atoms with van der Waals surface area (Å²) >= 11 is 7.37. The molecule has 4 aromatic rings. The first-order valence-corrected chi connectivity index (χ1v) is 12.5. The zero-order chi connectivity index (χ0) is 25.7. The van der Waals surface area contributed by atoms with Crippen molar-refractivity contribution in [3.8, 4) is 17.2 Å². The molecule has 8 nitrogen and oxygen atoms in total. The zero-order valence-electron chi connectivity index (χ0n) is 19.4. The highest BCUT2D eigenvalue weighted by atomic mass is 35.5. The predicted octanol–water partition coefficient (Wildman–Crippen LogP) is 5.36. The molecule has 1 atom stereocenters. The highest BCUT2D eigenvalue weighted by Crippen LogP contribution is 2.45. The van der Waals surface area contributed by atoms with Crippen molar-refractivity contribution in [1.82, 2.24) is 4.98 Å². The Morgan fingerprint density at radius 3 is 2.57 bits per heavy atom. The van der Waals surface area contributed by atoms with Gasteiger partial charge in [0.25, 0.3) is 5.78 Å². The van der Waals surface area contributed by atoms with Crippen LogP contribution in [0.25, 0.3) is 16.0 Å². The monoisotopic (exact) mass is 534 g/mol. The van der Waals surface area contributed by atoms with Crippen LogP contribution in [0.15, 0.2) is 66.2 Å². The maximum Gasteiger partial charge on any atom is 0.301 e. The average molecular weight is 535 g/mol. The highest BCUT2D eigenvalue weighted by molar-refractivity contribution is 7.22. The van der Waals surface area contributed by atoms with Gasteiger partial charge in [-0.2, -0.15) is 0 Å². The molecule has 0 saturated carbocycles. The van der Waals surface area contributed by atoms with Crippen molar-refractivity contribution in [1.29, 1.82) is 0 Å². The first-order valence-electron chi connectivity index (χ1n) is 11.4. The van der Waals surface area contributed by atoms with E-state index in [4.69, 9.17) is 25.8 Å². The van der Waals surface area contributed by atoms with Gasteiger partial charge in [0, 0.05) is 10.6 Å². The summed E-state index contributed by atoms with van der Waals surface area (Å²) in [6, 6.07) is 16.1. The van der Waals surface area contributed by atoms with Crippen LogP contribution >= 0.6 is 22.9 Å². The second-order valence-electron chi connectivity index (χ2n) is 8.41. The van der Waals surface area contributed by atoms with Crippen molar-refractivity contribution in [2.24, 2.45) is 0 Å². The Morgan fingerprint density at radius 1 is 1.05 bits per heavy atom. The maximum atomic E-state index is 13.4. The molecule has 10 heteroatoms. The Labute approximate surface area is 220 Å². The third-order valence-corrected chi connectivity index (χ3v) is 7.51. The van der Waals surface area contributed by atoms with Crippen LogP contribution < -0.4 is 19.1 Å². The fourth-order valence-corrected chi connectivity index (χ4v) is 5.61. The van der Waals surface area contributed by atoms with Crippen molar-refractivity contribution < 1.29 is 28.9 Å². The van der Waals surface area contributed by atoms with Crippen molar-refractivity contribution in [3.63, 3.8) is 0 Å². The number of nitrogens with zero attached hydrogens (tertiary/aromatic N) is 2. The molecular weight excluding hydrogens is 516 g/mol. The SMILES string of the molecule is COc1ccc2nc(N3C(=O)C(=O)/C(=C(/O)c4ccc5c(c4)OCCO5)[C@H]3c3ccc(Cl)cc3)sc2c1. The van der Waals surface area contributed by atoms with E-state index in [1.165, 1.54) is 16.2 Å². The van der Waals surface area contributed by atoms with E-state index in [-0.39, 0.29) is 11.3 Å². The molecule has 37 heavy (non-hydrogen) atoms. The number of hydrogen-bond donors (Lipinski definition) is 1. The summed E-state index contributed by atoms with van der Waals surface area (Å²) < 4.78 is 17.3. The van der Waals surface area contributed by atoms with Gasteiger partial charge in [-0.1, -0.05) is 35.1 Å². The van der Waals surface area contributed by atoms with Crippen LogP contribution in [0, 0.1) is 0 Å². The molecule has 0 spiro atoms. The summed E-state index contributed by atoms with van der Waals surface area (Å²) in [4.78, 5) is 32.8. The van der Waals surface area contributed by atoms with Crippen LogP contribution in [0.5, 0.6) is 17.2 Å². The molecule has 0 unspecified atom stereocenters. The number of ketones is 1. The third kappa shape index (κ3) is 3.96. The number of carbonyl (C=O) groups is 2. The number of rotatable bonds is 4. The number of aromatic nitrogens is 1. The standard InChI is InChI=1S/C27H19ClN2O6S/c1-34-17-7-8-18-21(13-17)37-27(29-18)30-23(14-2-5-16(28)6-3-14)22(25(32)26(30)33)24(31)15-4-9-19-20(12-15)36-11-10-35-19/h2-9,12-13,23,31H,10-11H2,1H3/b24-22+/t23-/m1/s1. The van der Waals surface area contributed by atoms with Gasteiger partial charge in [0.2, 0.25) is 0 Å². The lowest BCUT2D eigenvalue weighted by Crippen LogP contribution is -2.29. The summed E-state index contributed by atoms with van der Waals surface area (Å²) in [7, 11) is 1.57. The molecule has 1 amide bonds. The number of methoxy groups -OCH3 is 1. The van der Waals surface area contributed by atoms with Gasteiger partial charge in [-0.3, -0.25) is 14.5 Å². The minimum atomic E-state index is -0.923. The molecule has 1 fully saturated rings. The molecule has 2 aliphatic rings. The van der Waals surface area contributed by atoms with Gasteiger partial charge < -0.3 is 19.3 Å². The van der Waals surface area contributed by atoms with Crippen molar-refractivity contribution in [2.45, 2.75) is 6.04 Å². The molecule has 0 bridgehead atoms. The fraction of sp³-hybridized carbons (Fsp3) is 0.148. The summed E-state index contributed by atoms with van der Waals surface area (Å²) in [5.41, 5.74) is 1.53. The van der Waals surface area contributed by atoms with Gasteiger partial charge in [0.1, 0.15) is 24.7 Å². The Hall–Kier alpha value is -4.08. The Balaban J connectivity index is 1.52. The molecule has 186 valence electrons. The Bertz CT molecular complexity index is 1600. The van der Waals surface area contributed by atoms with E-state index in [2.05, 4.69) is 4.98 Å². The van der Waals surface area contributed by atoms with Gasteiger partial charge in [-0.25, -0.2) is 4.98 Å². The number of halogens is 1. The van der Waals surface area contributed by atoms with Crippen LogP contribution in [-0.2, 0) is 9.59 Å². The number of hydrogen-bond acceptors (Lipinski definition) is 8. The van der Waals surface area contributed by atoms with Gasteiger partial charge in [0.15, 0.2) is 16.6 Å². The molecule has 6 rings (SSSR count). The molecule has 1 saturated heterocycles. The largest absolute Gasteiger partial charge is 0.507 e. The number of benzene rings is 3. The summed E-state index contributed by atoms with van der Waals surface area (Å²) in [5.74, 6) is -0.275. The van der Waals surface area contributed by atoms with Crippen LogP contribution in [0.1, 0.15) is 17.2 Å².